The molecule has 16 heavy (non-hydrogen) atoms. The molecule has 0 saturated carbocycles. The van der Waals surface area contributed by atoms with Gasteiger partial charge in [0.15, 0.2) is 5.69 Å². The number of fused-ring (bicyclic) bond motifs is 1. The average molecular weight is 221 g/mol. The number of aromatic amines is 1. The van der Waals surface area contributed by atoms with Gasteiger partial charge in [0.1, 0.15) is 5.52 Å². The molecule has 0 amide bonds. The number of aromatic nitrogens is 3. The van der Waals surface area contributed by atoms with Crippen molar-refractivity contribution in [1.82, 2.24) is 14.6 Å². The molecule has 2 aromatic heterocycles. The van der Waals surface area contributed by atoms with Gasteiger partial charge < -0.3 is 9.72 Å². The van der Waals surface area contributed by atoms with Crippen LogP contribution in [0, 0.1) is 0 Å². The Labute approximate surface area is 90.9 Å². The second-order valence-corrected chi connectivity index (χ2v) is 3.28. The summed E-state index contributed by atoms with van der Waals surface area (Å²) in [6.07, 6.45) is 2.00. The summed E-state index contributed by atoms with van der Waals surface area (Å²) in [5, 5.41) is 4.16. The number of nitrogens with one attached hydrogen (secondary N) is 1. The van der Waals surface area contributed by atoms with Crippen LogP contribution in [-0.4, -0.2) is 27.7 Å². The predicted molar refractivity (Wildman–Crippen MR) is 56.5 cm³/mol. The van der Waals surface area contributed by atoms with Gasteiger partial charge in [0.2, 0.25) is 0 Å². The summed E-state index contributed by atoms with van der Waals surface area (Å²) in [6, 6.07) is 1.66. The standard InChI is InChI=1S/C10H11N3O3/c1-3-6-4-7-9(14)11-5-8(10(15)16-2)13(7)12-6/h4-5H,3H2,1-2H3,(H,11,14). The predicted octanol–water partition coefficient (Wildman–Crippen LogP) is 0.372. The lowest BCUT2D eigenvalue weighted by atomic mass is 10.3. The van der Waals surface area contributed by atoms with E-state index in [0.717, 1.165) is 5.69 Å². The van der Waals surface area contributed by atoms with Crippen molar-refractivity contribution in [2.24, 2.45) is 0 Å². The van der Waals surface area contributed by atoms with Crippen LogP contribution in [0.5, 0.6) is 0 Å². The Morgan fingerprint density at radius 3 is 3.00 bits per heavy atom. The second kappa shape index (κ2) is 3.80. The first-order valence-corrected chi connectivity index (χ1v) is 4.86. The molecule has 0 bridgehead atoms. The van der Waals surface area contributed by atoms with E-state index in [1.54, 1.807) is 6.07 Å². The van der Waals surface area contributed by atoms with Gasteiger partial charge in [0.05, 0.1) is 12.8 Å². The van der Waals surface area contributed by atoms with E-state index in [2.05, 4.69) is 14.8 Å². The SMILES string of the molecule is CCc1cc2c(=O)[nH]cc(C(=O)OC)n2n1. The molecule has 0 radical (unpaired) electrons. The fourth-order valence-corrected chi connectivity index (χ4v) is 1.47. The number of esters is 1. The van der Waals surface area contributed by atoms with E-state index in [4.69, 9.17) is 0 Å². The highest BCUT2D eigenvalue weighted by atomic mass is 16.5. The molecule has 0 fully saturated rings. The van der Waals surface area contributed by atoms with Crippen LogP contribution in [0.1, 0.15) is 23.1 Å². The average Bonchev–Trinajstić information content (AvgIpc) is 2.73. The summed E-state index contributed by atoms with van der Waals surface area (Å²) in [5.74, 6) is -0.535. The van der Waals surface area contributed by atoms with Crippen molar-refractivity contribution in [1.29, 1.82) is 0 Å². The number of ether oxygens (including phenoxy) is 1. The van der Waals surface area contributed by atoms with Crippen LogP contribution in [0.2, 0.25) is 0 Å². The first-order chi connectivity index (χ1) is 7.67. The first kappa shape index (κ1) is 10.4. The van der Waals surface area contributed by atoms with Gasteiger partial charge in [-0.15, -0.1) is 0 Å². The zero-order valence-electron chi connectivity index (χ0n) is 8.98. The molecule has 0 aromatic carbocycles. The topological polar surface area (TPSA) is 76.5 Å². The van der Waals surface area contributed by atoms with E-state index in [-0.39, 0.29) is 11.3 Å². The molecule has 0 saturated heterocycles. The van der Waals surface area contributed by atoms with Gasteiger partial charge in [-0.3, -0.25) is 4.79 Å². The van der Waals surface area contributed by atoms with Gasteiger partial charge in [-0.05, 0) is 12.5 Å². The third-order valence-electron chi connectivity index (χ3n) is 2.32. The molecule has 0 aliphatic rings. The maximum absolute atomic E-state index is 11.5. The minimum Gasteiger partial charge on any atom is -0.464 e. The molecule has 6 nitrogen and oxygen atoms in total. The number of carbonyl (C=O) groups is 1. The molecular weight excluding hydrogens is 210 g/mol. The van der Waals surface area contributed by atoms with Crippen molar-refractivity contribution in [3.8, 4) is 0 Å². The number of nitrogens with zero attached hydrogens (tertiary/aromatic N) is 2. The van der Waals surface area contributed by atoms with Crippen molar-refractivity contribution in [3.05, 3.63) is 34.0 Å². The molecule has 0 unspecified atom stereocenters. The molecule has 0 aliphatic carbocycles. The number of carbonyl (C=O) groups excluding carboxylic acids is 1. The fraction of sp³-hybridized carbons (Fsp3) is 0.300. The van der Waals surface area contributed by atoms with E-state index in [0.29, 0.717) is 11.9 Å². The summed E-state index contributed by atoms with van der Waals surface area (Å²) in [7, 11) is 1.28. The monoisotopic (exact) mass is 221 g/mol. The minimum atomic E-state index is -0.535. The van der Waals surface area contributed by atoms with Crippen LogP contribution in [0.3, 0.4) is 0 Å². The lowest BCUT2D eigenvalue weighted by Gasteiger charge is -2.01. The van der Waals surface area contributed by atoms with Gasteiger partial charge in [-0.2, -0.15) is 5.10 Å². The maximum Gasteiger partial charge on any atom is 0.358 e. The number of methoxy groups -OCH3 is 1. The second-order valence-electron chi connectivity index (χ2n) is 3.28. The van der Waals surface area contributed by atoms with Gasteiger partial charge in [0, 0.05) is 6.20 Å². The number of H-pyrrole nitrogens is 1. The Kier molecular flexibility index (Phi) is 2.47. The van der Waals surface area contributed by atoms with Crippen LogP contribution in [0.4, 0.5) is 0 Å². The van der Waals surface area contributed by atoms with Crippen LogP contribution < -0.4 is 5.56 Å². The lowest BCUT2D eigenvalue weighted by molar-refractivity contribution is 0.0590. The van der Waals surface area contributed by atoms with E-state index in [1.165, 1.54) is 17.8 Å². The summed E-state index contributed by atoms with van der Waals surface area (Å²) < 4.78 is 5.91. The van der Waals surface area contributed by atoms with Crippen molar-refractivity contribution >= 4 is 11.5 Å². The smallest absolute Gasteiger partial charge is 0.358 e. The Morgan fingerprint density at radius 2 is 2.38 bits per heavy atom. The minimum absolute atomic E-state index is 0.205. The van der Waals surface area contributed by atoms with E-state index < -0.39 is 5.97 Å². The van der Waals surface area contributed by atoms with Gasteiger partial charge >= 0.3 is 5.97 Å². The molecule has 0 aliphatic heterocycles. The summed E-state index contributed by atoms with van der Waals surface area (Å²) in [5.41, 5.74) is 1.03. The number of hydrogen-bond donors (Lipinski definition) is 1. The van der Waals surface area contributed by atoms with Crippen molar-refractivity contribution < 1.29 is 9.53 Å². The molecule has 1 N–H and O–H groups in total. The number of rotatable bonds is 2. The third kappa shape index (κ3) is 1.48. The maximum atomic E-state index is 11.5. The first-order valence-electron chi connectivity index (χ1n) is 4.86. The number of hydrogen-bond acceptors (Lipinski definition) is 4. The quantitative estimate of drug-likeness (QED) is 0.743. The van der Waals surface area contributed by atoms with Crippen LogP contribution in [-0.2, 0) is 11.2 Å². The van der Waals surface area contributed by atoms with Crippen LogP contribution >= 0.6 is 0 Å². The zero-order chi connectivity index (χ0) is 11.7. The largest absolute Gasteiger partial charge is 0.464 e. The normalized spacial score (nSPS) is 10.6. The highest BCUT2D eigenvalue weighted by Gasteiger charge is 2.14. The van der Waals surface area contributed by atoms with Crippen molar-refractivity contribution in [3.63, 3.8) is 0 Å². The zero-order valence-corrected chi connectivity index (χ0v) is 8.98. The fourth-order valence-electron chi connectivity index (χ4n) is 1.47. The third-order valence-corrected chi connectivity index (χ3v) is 2.32. The van der Waals surface area contributed by atoms with Crippen molar-refractivity contribution in [2.75, 3.05) is 7.11 Å². The Morgan fingerprint density at radius 1 is 1.62 bits per heavy atom. The van der Waals surface area contributed by atoms with Crippen LogP contribution in [0.25, 0.3) is 5.52 Å². The highest BCUT2D eigenvalue weighted by Crippen LogP contribution is 2.06. The van der Waals surface area contributed by atoms with Gasteiger partial charge in [-0.25, -0.2) is 9.31 Å². The van der Waals surface area contributed by atoms with Gasteiger partial charge in [0.25, 0.3) is 5.56 Å². The summed E-state index contributed by atoms with van der Waals surface area (Å²) >= 11 is 0. The van der Waals surface area contributed by atoms with Crippen molar-refractivity contribution in [2.45, 2.75) is 13.3 Å². The lowest BCUT2D eigenvalue weighted by Crippen LogP contribution is -2.16. The molecule has 6 heteroatoms. The Balaban J connectivity index is 2.77. The van der Waals surface area contributed by atoms with E-state index in [1.807, 2.05) is 6.92 Å². The Bertz CT molecular complexity index is 597. The molecular formula is C10H11N3O3. The summed E-state index contributed by atoms with van der Waals surface area (Å²) in [6.45, 7) is 1.92. The molecule has 84 valence electrons. The van der Waals surface area contributed by atoms with E-state index in [9.17, 15) is 9.59 Å². The molecule has 2 aromatic rings. The molecule has 2 rings (SSSR count). The molecule has 0 atom stereocenters. The molecule has 0 spiro atoms. The van der Waals surface area contributed by atoms with Gasteiger partial charge in [-0.1, -0.05) is 6.92 Å². The molecule has 2 heterocycles. The number of aryl methyl sites for hydroxylation is 1. The highest BCUT2D eigenvalue weighted by molar-refractivity contribution is 5.87. The van der Waals surface area contributed by atoms with E-state index >= 15 is 0 Å². The van der Waals surface area contributed by atoms with Crippen LogP contribution in [0.15, 0.2) is 17.1 Å². The Hall–Kier alpha value is -2.11. The summed E-state index contributed by atoms with van der Waals surface area (Å²) in [4.78, 5) is 25.4.